The number of rotatable bonds is 5. The maximum atomic E-state index is 13.6. The van der Waals surface area contributed by atoms with Crippen LogP contribution in [-0.4, -0.2) is 18.6 Å². The summed E-state index contributed by atoms with van der Waals surface area (Å²) in [5.41, 5.74) is 0.492. The van der Waals surface area contributed by atoms with Crippen molar-refractivity contribution >= 4 is 27.2 Å². The number of benzene rings is 1. The first-order valence-electron chi connectivity index (χ1n) is 7.40. The highest BCUT2D eigenvalue weighted by Crippen LogP contribution is 2.24. The lowest BCUT2D eigenvalue weighted by molar-refractivity contribution is 0.390. The number of nitrogens with zero attached hydrogens (tertiary/aromatic N) is 2. The summed E-state index contributed by atoms with van der Waals surface area (Å²) in [4.78, 5) is 3.98. The number of anilines is 3. The predicted molar refractivity (Wildman–Crippen MR) is 90.7 cm³/mol. The molecule has 0 amide bonds. The molecule has 0 radical (unpaired) electrons. The van der Waals surface area contributed by atoms with Crippen molar-refractivity contribution in [3.8, 4) is 0 Å². The molecular weight excluding hydrogens is 366 g/mol. The summed E-state index contributed by atoms with van der Waals surface area (Å²) < 4.78 is 58.6. The summed E-state index contributed by atoms with van der Waals surface area (Å²) in [6, 6.07) is 5.99. The lowest BCUT2D eigenvalue weighted by Crippen LogP contribution is -2.14. The number of hydrogen-bond acceptors (Lipinski definition) is 6. The van der Waals surface area contributed by atoms with Gasteiger partial charge in [-0.3, -0.25) is 4.72 Å². The van der Waals surface area contributed by atoms with Crippen molar-refractivity contribution in [2.75, 3.05) is 10.0 Å². The smallest absolute Gasteiger partial charge is 0.267 e. The minimum Gasteiger partial charge on any atom is -0.360 e. The molecule has 0 aliphatic rings. The molecule has 26 heavy (non-hydrogen) atoms. The topological polar surface area (TPSA) is 97.1 Å². The van der Waals surface area contributed by atoms with Gasteiger partial charge in [0.05, 0.1) is 17.6 Å². The van der Waals surface area contributed by atoms with Gasteiger partial charge < -0.3 is 9.84 Å². The van der Waals surface area contributed by atoms with E-state index in [9.17, 15) is 17.2 Å². The van der Waals surface area contributed by atoms with E-state index in [0.29, 0.717) is 0 Å². The van der Waals surface area contributed by atoms with Crippen LogP contribution in [0.15, 0.2) is 45.9 Å². The van der Waals surface area contributed by atoms with Crippen LogP contribution in [0.5, 0.6) is 0 Å². The number of hydrogen-bond donors (Lipinski definition) is 2. The number of sulfonamides is 1. The maximum Gasteiger partial charge on any atom is 0.267 e. The second kappa shape index (κ2) is 6.71. The van der Waals surface area contributed by atoms with Crippen LogP contribution in [0, 0.1) is 25.5 Å². The van der Waals surface area contributed by atoms with Crippen molar-refractivity contribution in [3.63, 3.8) is 0 Å². The Morgan fingerprint density at radius 1 is 1.12 bits per heavy atom. The molecule has 10 heteroatoms. The third-order valence-corrected chi connectivity index (χ3v) is 5.07. The molecule has 136 valence electrons. The molecule has 0 aliphatic heterocycles. The maximum absolute atomic E-state index is 13.6. The van der Waals surface area contributed by atoms with Crippen molar-refractivity contribution in [2.24, 2.45) is 0 Å². The Balaban J connectivity index is 1.77. The van der Waals surface area contributed by atoms with Crippen LogP contribution < -0.4 is 10.0 Å². The lowest BCUT2D eigenvalue weighted by Gasteiger charge is -2.09. The zero-order chi connectivity index (χ0) is 18.9. The molecule has 0 spiro atoms. The molecule has 0 atom stereocenters. The van der Waals surface area contributed by atoms with Crippen molar-refractivity contribution in [1.82, 2.24) is 10.1 Å². The third kappa shape index (κ3) is 3.64. The molecule has 0 bridgehead atoms. The van der Waals surface area contributed by atoms with Gasteiger partial charge in [0.1, 0.15) is 23.1 Å². The summed E-state index contributed by atoms with van der Waals surface area (Å²) >= 11 is 0. The Hall–Kier alpha value is -3.01. The van der Waals surface area contributed by atoms with E-state index in [1.807, 2.05) is 0 Å². The van der Waals surface area contributed by atoms with Crippen molar-refractivity contribution in [3.05, 3.63) is 59.6 Å². The van der Waals surface area contributed by atoms with Gasteiger partial charge in [-0.2, -0.15) is 0 Å². The second-order valence-corrected chi connectivity index (χ2v) is 7.06. The fraction of sp³-hybridized carbons (Fsp3) is 0.125. The standard InChI is InChI=1S/C16H14F2N4O3S/c1-9-16(10(2)25-21-9)26(23,24)22-12-4-6-15(19-8-12)20-14-5-3-11(17)7-13(14)18/h3-8,22H,1-2H3,(H,19,20). The molecule has 2 N–H and O–H groups in total. The van der Waals surface area contributed by atoms with E-state index >= 15 is 0 Å². The monoisotopic (exact) mass is 380 g/mol. The highest BCUT2D eigenvalue weighted by atomic mass is 32.2. The zero-order valence-electron chi connectivity index (χ0n) is 13.7. The quantitative estimate of drug-likeness (QED) is 0.703. The van der Waals surface area contributed by atoms with Gasteiger partial charge in [-0.15, -0.1) is 0 Å². The summed E-state index contributed by atoms with van der Waals surface area (Å²) in [7, 11) is -3.88. The van der Waals surface area contributed by atoms with E-state index in [4.69, 9.17) is 4.52 Å². The average Bonchev–Trinajstić information content (AvgIpc) is 2.91. The van der Waals surface area contributed by atoms with Crippen LogP contribution >= 0.6 is 0 Å². The summed E-state index contributed by atoms with van der Waals surface area (Å²) in [6.07, 6.45) is 1.26. The first kappa shape index (κ1) is 17.8. The molecule has 2 heterocycles. The van der Waals surface area contributed by atoms with E-state index < -0.39 is 21.7 Å². The molecule has 3 rings (SSSR count). The van der Waals surface area contributed by atoms with E-state index in [-0.39, 0.29) is 33.5 Å². The van der Waals surface area contributed by atoms with Gasteiger partial charge in [-0.25, -0.2) is 22.2 Å². The molecule has 0 unspecified atom stereocenters. The van der Waals surface area contributed by atoms with Crippen LogP contribution in [0.3, 0.4) is 0 Å². The minimum absolute atomic E-state index is 0.0342. The van der Waals surface area contributed by atoms with Crippen LogP contribution in [0.4, 0.5) is 26.0 Å². The fourth-order valence-corrected chi connectivity index (χ4v) is 3.70. The van der Waals surface area contributed by atoms with Gasteiger partial charge in [0, 0.05) is 6.07 Å². The molecule has 7 nitrogen and oxygen atoms in total. The summed E-state index contributed by atoms with van der Waals surface area (Å²) in [5.74, 6) is -1.02. The van der Waals surface area contributed by atoms with Gasteiger partial charge in [-0.1, -0.05) is 5.16 Å². The van der Waals surface area contributed by atoms with Crippen molar-refractivity contribution in [2.45, 2.75) is 18.7 Å². The van der Waals surface area contributed by atoms with Crippen LogP contribution in [-0.2, 0) is 10.0 Å². The first-order chi connectivity index (χ1) is 12.3. The Morgan fingerprint density at radius 3 is 2.46 bits per heavy atom. The summed E-state index contributed by atoms with van der Waals surface area (Å²) in [5, 5.41) is 6.30. The summed E-state index contributed by atoms with van der Waals surface area (Å²) in [6.45, 7) is 3.02. The van der Waals surface area contributed by atoms with Gasteiger partial charge >= 0.3 is 0 Å². The highest BCUT2D eigenvalue weighted by Gasteiger charge is 2.24. The van der Waals surface area contributed by atoms with E-state index in [1.54, 1.807) is 0 Å². The minimum atomic E-state index is -3.88. The molecule has 3 aromatic rings. The van der Waals surface area contributed by atoms with Gasteiger partial charge in [0.2, 0.25) is 0 Å². The molecule has 0 saturated carbocycles. The molecule has 0 aliphatic carbocycles. The van der Waals surface area contributed by atoms with Crippen molar-refractivity contribution < 1.29 is 21.7 Å². The Labute approximate surface area is 148 Å². The Bertz CT molecular complexity index is 1030. The van der Waals surface area contributed by atoms with Gasteiger partial charge in [0.15, 0.2) is 10.7 Å². The van der Waals surface area contributed by atoms with Gasteiger partial charge in [-0.05, 0) is 38.1 Å². The van der Waals surface area contributed by atoms with E-state index in [1.165, 1.54) is 38.2 Å². The predicted octanol–water partition coefficient (Wildman–Crippen LogP) is 3.51. The highest BCUT2D eigenvalue weighted by molar-refractivity contribution is 7.92. The number of nitrogens with one attached hydrogen (secondary N) is 2. The second-order valence-electron chi connectivity index (χ2n) is 5.44. The Kier molecular flexibility index (Phi) is 4.60. The number of aryl methyl sites for hydroxylation is 2. The van der Waals surface area contributed by atoms with Crippen LogP contribution in [0.2, 0.25) is 0 Å². The SMILES string of the molecule is Cc1noc(C)c1S(=O)(=O)Nc1ccc(Nc2ccc(F)cc2F)nc1. The number of aromatic nitrogens is 2. The third-order valence-electron chi connectivity index (χ3n) is 3.45. The fourth-order valence-electron chi connectivity index (χ4n) is 2.32. The van der Waals surface area contributed by atoms with E-state index in [2.05, 4.69) is 20.2 Å². The number of halogens is 2. The average molecular weight is 380 g/mol. The van der Waals surface area contributed by atoms with Crippen LogP contribution in [0.1, 0.15) is 11.5 Å². The molecule has 1 aromatic carbocycles. The first-order valence-corrected chi connectivity index (χ1v) is 8.88. The Morgan fingerprint density at radius 2 is 1.88 bits per heavy atom. The normalized spacial score (nSPS) is 11.4. The van der Waals surface area contributed by atoms with Crippen LogP contribution in [0.25, 0.3) is 0 Å². The van der Waals surface area contributed by atoms with Crippen molar-refractivity contribution in [1.29, 1.82) is 0 Å². The molecule has 0 fully saturated rings. The lowest BCUT2D eigenvalue weighted by atomic mass is 10.3. The van der Waals surface area contributed by atoms with Gasteiger partial charge in [0.25, 0.3) is 10.0 Å². The molecular formula is C16H14F2N4O3S. The number of pyridine rings is 1. The molecule has 0 saturated heterocycles. The molecule has 2 aromatic heterocycles. The largest absolute Gasteiger partial charge is 0.360 e. The zero-order valence-corrected chi connectivity index (χ0v) is 14.6. The van der Waals surface area contributed by atoms with E-state index in [0.717, 1.165) is 12.1 Å².